The number of esters is 1. The van der Waals surface area contributed by atoms with Crippen LogP contribution in [0.4, 0.5) is 4.79 Å². The maximum absolute atomic E-state index is 13.3. The number of carbonyl (C=O) groups is 4. The summed E-state index contributed by atoms with van der Waals surface area (Å²) in [5.74, 6) is -1.41. The van der Waals surface area contributed by atoms with Crippen molar-refractivity contribution in [2.45, 2.75) is 85.0 Å². The summed E-state index contributed by atoms with van der Waals surface area (Å²) in [6, 6.07) is 17.9. The monoisotopic (exact) mass is 553 g/mol. The average Bonchev–Trinajstić information content (AvgIpc) is 2.91. The summed E-state index contributed by atoms with van der Waals surface area (Å²) in [5, 5.41) is 3.48. The van der Waals surface area contributed by atoms with Crippen LogP contribution in [0.3, 0.4) is 0 Å². The van der Waals surface area contributed by atoms with Crippen molar-refractivity contribution in [3.05, 3.63) is 71.8 Å². The number of carbonyl (C=O) groups excluding carboxylic acids is 4. The Kier molecular flexibility index (Phi) is 13.2. The molecule has 0 bridgehead atoms. The third kappa shape index (κ3) is 12.8. The van der Waals surface area contributed by atoms with Crippen LogP contribution < -0.4 is 10.7 Å². The third-order valence-corrected chi connectivity index (χ3v) is 5.83. The lowest BCUT2D eigenvalue weighted by Gasteiger charge is -2.33. The van der Waals surface area contributed by atoms with Gasteiger partial charge in [0.2, 0.25) is 5.91 Å². The molecule has 0 spiro atoms. The Labute approximate surface area is 237 Å². The lowest BCUT2D eigenvalue weighted by molar-refractivity contribution is -0.168. The molecular weight excluding hydrogens is 510 g/mol. The first-order valence-electron chi connectivity index (χ1n) is 13.8. The van der Waals surface area contributed by atoms with Gasteiger partial charge >= 0.3 is 12.1 Å². The van der Waals surface area contributed by atoms with Crippen LogP contribution in [0, 0.1) is 5.92 Å². The molecule has 0 aliphatic heterocycles. The average molecular weight is 554 g/mol. The van der Waals surface area contributed by atoms with Crippen molar-refractivity contribution in [3.8, 4) is 0 Å². The van der Waals surface area contributed by atoms with Gasteiger partial charge in [-0.15, -0.1) is 0 Å². The number of benzene rings is 2. The molecule has 0 unspecified atom stereocenters. The van der Waals surface area contributed by atoms with Crippen molar-refractivity contribution < 1.29 is 28.7 Å². The van der Waals surface area contributed by atoms with Crippen LogP contribution in [0.2, 0.25) is 0 Å². The summed E-state index contributed by atoms with van der Waals surface area (Å²) in [6.07, 6.45) is 1.51. The van der Waals surface area contributed by atoms with E-state index >= 15 is 0 Å². The Morgan fingerprint density at radius 1 is 0.875 bits per heavy atom. The predicted molar refractivity (Wildman–Crippen MR) is 153 cm³/mol. The molecule has 2 rings (SSSR count). The lowest BCUT2D eigenvalue weighted by atomic mass is 10.0. The maximum atomic E-state index is 13.3. The number of hydrazine groups is 1. The van der Waals surface area contributed by atoms with Crippen LogP contribution in [0.25, 0.3) is 0 Å². The van der Waals surface area contributed by atoms with Gasteiger partial charge in [-0.25, -0.2) is 14.6 Å². The first kappa shape index (κ1) is 32.3. The van der Waals surface area contributed by atoms with Gasteiger partial charge in [0.05, 0.1) is 0 Å². The van der Waals surface area contributed by atoms with Crippen molar-refractivity contribution in [1.29, 1.82) is 0 Å². The Hall–Kier alpha value is -3.88. The summed E-state index contributed by atoms with van der Waals surface area (Å²) in [7, 11) is 0. The predicted octanol–water partition coefficient (Wildman–Crippen LogP) is 4.94. The van der Waals surface area contributed by atoms with Crippen molar-refractivity contribution in [1.82, 2.24) is 15.8 Å². The van der Waals surface area contributed by atoms with Crippen LogP contribution in [0.15, 0.2) is 60.7 Å². The second-order valence-electron chi connectivity index (χ2n) is 11.1. The van der Waals surface area contributed by atoms with E-state index in [2.05, 4.69) is 10.7 Å². The Bertz CT molecular complexity index is 1080. The van der Waals surface area contributed by atoms with Crippen LogP contribution >= 0.6 is 0 Å². The molecule has 0 radical (unpaired) electrons. The number of hydrogen-bond acceptors (Lipinski definition) is 6. The van der Waals surface area contributed by atoms with E-state index in [1.807, 2.05) is 74.5 Å². The van der Waals surface area contributed by atoms with Gasteiger partial charge in [0.25, 0.3) is 5.91 Å². The normalized spacial score (nSPS) is 11.8. The molecule has 0 saturated heterocycles. The molecule has 2 aromatic carbocycles. The van der Waals surface area contributed by atoms with Gasteiger partial charge in [0.1, 0.15) is 18.8 Å². The molecule has 9 nitrogen and oxygen atoms in total. The van der Waals surface area contributed by atoms with Crippen LogP contribution in [-0.2, 0) is 36.9 Å². The summed E-state index contributed by atoms with van der Waals surface area (Å²) < 4.78 is 10.8. The number of nitrogens with zero attached hydrogens (tertiary/aromatic N) is 1. The van der Waals surface area contributed by atoms with Gasteiger partial charge in [-0.1, -0.05) is 74.5 Å². The van der Waals surface area contributed by atoms with E-state index in [0.29, 0.717) is 19.3 Å². The third-order valence-electron chi connectivity index (χ3n) is 5.83. The molecule has 40 heavy (non-hydrogen) atoms. The minimum absolute atomic E-state index is 0.0518. The van der Waals surface area contributed by atoms with Crippen LogP contribution in [0.5, 0.6) is 0 Å². The molecule has 218 valence electrons. The number of rotatable bonds is 13. The molecular formula is C31H43N3O6. The molecule has 3 amide bonds. The summed E-state index contributed by atoms with van der Waals surface area (Å²) >= 11 is 0. The van der Waals surface area contributed by atoms with E-state index in [0.717, 1.165) is 16.1 Å². The molecule has 0 aliphatic carbocycles. The standard InChI is InChI=1S/C31H43N3O6/c1-23(2)19-20-28(36)34(33-27(35)21-32-30(38)39-22-25-15-10-7-11-16-25)26(29(37)40-31(3,4)5)18-12-17-24-13-8-6-9-14-24/h6-11,13-16,23,26H,12,17-22H2,1-5H3,(H,32,38)(H,33,35)/t26-/m1/s1. The van der Waals surface area contributed by atoms with Gasteiger partial charge in [0.15, 0.2) is 6.04 Å². The van der Waals surface area contributed by atoms with E-state index in [9.17, 15) is 19.2 Å². The molecule has 0 saturated carbocycles. The van der Waals surface area contributed by atoms with Crippen LogP contribution in [0.1, 0.15) is 71.4 Å². The van der Waals surface area contributed by atoms with Gasteiger partial charge in [0, 0.05) is 6.42 Å². The second kappa shape index (κ2) is 16.3. The summed E-state index contributed by atoms with van der Waals surface area (Å²) in [6.45, 7) is 8.85. The molecule has 9 heteroatoms. The molecule has 0 aromatic heterocycles. The fraction of sp³-hybridized carbons (Fsp3) is 0.484. The molecule has 0 heterocycles. The fourth-order valence-electron chi connectivity index (χ4n) is 3.81. The van der Waals surface area contributed by atoms with E-state index in [1.165, 1.54) is 0 Å². The van der Waals surface area contributed by atoms with Crippen molar-refractivity contribution in [3.63, 3.8) is 0 Å². The Balaban J connectivity index is 2.11. The quantitative estimate of drug-likeness (QED) is 0.268. The van der Waals surface area contributed by atoms with E-state index < -0.39 is 42.1 Å². The highest BCUT2D eigenvalue weighted by atomic mass is 16.6. The summed E-state index contributed by atoms with van der Waals surface area (Å²) in [4.78, 5) is 51.6. The molecule has 0 fully saturated rings. The van der Waals surface area contributed by atoms with E-state index in [-0.39, 0.29) is 25.4 Å². The first-order chi connectivity index (χ1) is 18.9. The molecule has 0 aliphatic rings. The highest BCUT2D eigenvalue weighted by Gasteiger charge is 2.34. The number of nitrogens with one attached hydrogen (secondary N) is 2. The smallest absolute Gasteiger partial charge is 0.407 e. The van der Waals surface area contributed by atoms with Crippen molar-refractivity contribution >= 4 is 23.9 Å². The minimum Gasteiger partial charge on any atom is -0.458 e. The fourth-order valence-corrected chi connectivity index (χ4v) is 3.81. The maximum Gasteiger partial charge on any atom is 0.407 e. The number of amides is 3. The SMILES string of the molecule is CC(C)CCC(=O)N(NC(=O)CNC(=O)OCc1ccccc1)[C@H](CCCc1ccccc1)C(=O)OC(C)(C)C. The lowest BCUT2D eigenvalue weighted by Crippen LogP contribution is -2.57. The number of aryl methyl sites for hydroxylation is 1. The highest BCUT2D eigenvalue weighted by molar-refractivity contribution is 5.88. The minimum atomic E-state index is -1.03. The zero-order valence-corrected chi connectivity index (χ0v) is 24.3. The van der Waals surface area contributed by atoms with Crippen molar-refractivity contribution in [2.24, 2.45) is 5.92 Å². The molecule has 2 aromatic rings. The Morgan fingerprint density at radius 2 is 1.48 bits per heavy atom. The van der Waals surface area contributed by atoms with Gasteiger partial charge < -0.3 is 14.8 Å². The largest absolute Gasteiger partial charge is 0.458 e. The first-order valence-corrected chi connectivity index (χ1v) is 13.8. The second-order valence-corrected chi connectivity index (χ2v) is 11.1. The summed E-state index contributed by atoms with van der Waals surface area (Å²) in [5.41, 5.74) is 3.68. The molecule has 1 atom stereocenters. The van der Waals surface area contributed by atoms with E-state index in [4.69, 9.17) is 9.47 Å². The van der Waals surface area contributed by atoms with Gasteiger partial charge in [-0.2, -0.15) is 0 Å². The zero-order valence-electron chi connectivity index (χ0n) is 24.3. The van der Waals surface area contributed by atoms with Crippen molar-refractivity contribution in [2.75, 3.05) is 6.54 Å². The number of ether oxygens (including phenoxy) is 2. The number of alkyl carbamates (subject to hydrolysis) is 1. The van der Waals surface area contributed by atoms with Gasteiger partial charge in [-0.05, 0) is 63.5 Å². The van der Waals surface area contributed by atoms with Gasteiger partial charge in [-0.3, -0.25) is 15.0 Å². The van der Waals surface area contributed by atoms with Crippen LogP contribution in [-0.4, -0.2) is 47.1 Å². The highest BCUT2D eigenvalue weighted by Crippen LogP contribution is 2.18. The molecule has 2 N–H and O–H groups in total. The Morgan fingerprint density at radius 3 is 2.05 bits per heavy atom. The van der Waals surface area contributed by atoms with E-state index in [1.54, 1.807) is 20.8 Å². The zero-order chi connectivity index (χ0) is 29.5. The number of hydrogen-bond donors (Lipinski definition) is 2. The topological polar surface area (TPSA) is 114 Å².